The first-order valence-electron chi connectivity index (χ1n) is 10.4. The van der Waals surface area contributed by atoms with Gasteiger partial charge in [-0.1, -0.05) is 84.0 Å². The van der Waals surface area contributed by atoms with Gasteiger partial charge in [-0.25, -0.2) is 0 Å². The van der Waals surface area contributed by atoms with E-state index >= 15 is 0 Å². The van der Waals surface area contributed by atoms with Gasteiger partial charge >= 0.3 is 35.5 Å². The van der Waals surface area contributed by atoms with E-state index in [1.165, 1.54) is 64.2 Å². The van der Waals surface area contributed by atoms with Crippen LogP contribution in [0.15, 0.2) is 0 Å². The zero-order chi connectivity index (χ0) is 20.4. The Morgan fingerprint density at radius 1 is 0.893 bits per heavy atom. The van der Waals surface area contributed by atoms with Crippen molar-refractivity contribution in [3.8, 4) is 0 Å². The van der Waals surface area contributed by atoms with E-state index < -0.39 is 26.5 Å². The zero-order valence-electron chi connectivity index (χ0n) is 17.8. The molecule has 0 aromatic rings. The number of phosphoric acid groups is 1. The minimum Gasteiger partial charge on any atom is -0.756 e. The molecule has 0 aromatic carbocycles. The third kappa shape index (κ3) is 24.6. The third-order valence-electron chi connectivity index (χ3n) is 4.35. The molecule has 9 heteroatoms. The molecule has 7 nitrogen and oxygen atoms in total. The van der Waals surface area contributed by atoms with Crippen LogP contribution in [-0.4, -0.2) is 35.3 Å². The number of carbonyl (C=O) groups is 1. The molecule has 28 heavy (non-hydrogen) atoms. The van der Waals surface area contributed by atoms with Crippen molar-refractivity contribution in [1.82, 2.24) is 0 Å². The molecule has 162 valence electrons. The Morgan fingerprint density at radius 2 is 1.32 bits per heavy atom. The quantitative estimate of drug-likeness (QED) is 0.135. The molecule has 0 aliphatic heterocycles. The van der Waals surface area contributed by atoms with E-state index in [-0.39, 0.29) is 42.6 Å². The number of phosphoric ester groups is 1. The number of aliphatic hydroxyl groups is 1. The van der Waals surface area contributed by atoms with Crippen LogP contribution in [0.1, 0.15) is 96.8 Å². The first kappa shape index (κ1) is 30.7. The predicted molar refractivity (Wildman–Crippen MR) is 103 cm³/mol. The van der Waals surface area contributed by atoms with E-state index in [1.807, 2.05) is 0 Å². The van der Waals surface area contributed by atoms with Crippen LogP contribution >= 0.6 is 7.82 Å². The minimum absolute atomic E-state index is 0. The van der Waals surface area contributed by atoms with Gasteiger partial charge < -0.3 is 24.2 Å². The second-order valence-electron chi connectivity index (χ2n) is 7.09. The largest absolute Gasteiger partial charge is 1.00 e. The van der Waals surface area contributed by atoms with Crippen molar-refractivity contribution in [3.63, 3.8) is 0 Å². The van der Waals surface area contributed by atoms with Gasteiger partial charge in [-0.2, -0.15) is 0 Å². The molecule has 0 fully saturated rings. The van der Waals surface area contributed by atoms with Crippen LogP contribution in [0.2, 0.25) is 0 Å². The first-order chi connectivity index (χ1) is 12.8. The molecule has 0 saturated carbocycles. The Morgan fingerprint density at radius 3 is 1.75 bits per heavy atom. The van der Waals surface area contributed by atoms with E-state index in [0.717, 1.165) is 19.3 Å². The van der Waals surface area contributed by atoms with Crippen molar-refractivity contribution in [2.75, 3.05) is 13.2 Å². The summed E-state index contributed by atoms with van der Waals surface area (Å²) < 4.78 is 19.2. The molecule has 0 radical (unpaired) electrons. The Hall–Kier alpha value is 0.540. The fourth-order valence-corrected chi connectivity index (χ4v) is 3.14. The summed E-state index contributed by atoms with van der Waals surface area (Å²) in [6.07, 6.45) is 15.0. The van der Waals surface area contributed by atoms with Gasteiger partial charge in [-0.15, -0.1) is 0 Å². The number of unbranched alkanes of at least 4 members (excludes halogenated alkanes) is 12. The zero-order valence-corrected chi connectivity index (χ0v) is 20.7. The second kappa shape index (κ2) is 20.8. The molecule has 1 unspecified atom stereocenters. The Labute approximate surface area is 192 Å². The average molecular weight is 432 g/mol. The number of aliphatic hydroxyl groups excluding tert-OH is 1. The molecule has 2 N–H and O–H groups in total. The monoisotopic (exact) mass is 432 g/mol. The third-order valence-corrected chi connectivity index (χ3v) is 4.83. The number of esters is 1. The second-order valence-corrected chi connectivity index (χ2v) is 8.29. The Bertz CT molecular complexity index is 404. The molecule has 0 aliphatic rings. The van der Waals surface area contributed by atoms with Crippen molar-refractivity contribution in [3.05, 3.63) is 0 Å². The summed E-state index contributed by atoms with van der Waals surface area (Å²) >= 11 is 0. The average Bonchev–Trinajstić information content (AvgIpc) is 2.61. The van der Waals surface area contributed by atoms with Crippen LogP contribution in [0.5, 0.6) is 0 Å². The standard InChI is InChI=1S/C19H39O7P.Na/c1-2-3-4-5-6-7-8-9-10-11-12-13-14-15-19(21)25-16-18(20)17-26-27(22,23)24;/h18,20H,2-17H2,1H3,(H2,22,23,24);/q;+1/p-1/t18-;/m1./s1. The summed E-state index contributed by atoms with van der Waals surface area (Å²) in [5.41, 5.74) is 0. The maximum atomic E-state index is 11.5. The number of carbonyl (C=O) groups excluding carboxylic acids is 1. The summed E-state index contributed by atoms with van der Waals surface area (Å²) in [5, 5.41) is 9.37. The van der Waals surface area contributed by atoms with Gasteiger partial charge in [-0.3, -0.25) is 9.36 Å². The van der Waals surface area contributed by atoms with E-state index in [1.54, 1.807) is 0 Å². The molecule has 0 aromatic heterocycles. The van der Waals surface area contributed by atoms with Crippen LogP contribution in [0, 0.1) is 0 Å². The van der Waals surface area contributed by atoms with Gasteiger partial charge in [0.05, 0.1) is 6.61 Å². The van der Waals surface area contributed by atoms with Gasteiger partial charge in [-0.05, 0) is 6.42 Å². The molecule has 0 heterocycles. The van der Waals surface area contributed by atoms with Crippen molar-refractivity contribution in [1.29, 1.82) is 0 Å². The van der Waals surface area contributed by atoms with Gasteiger partial charge in [0.25, 0.3) is 7.82 Å². The normalized spacial score (nSPS) is 14.1. The molecule has 0 bridgehead atoms. The van der Waals surface area contributed by atoms with E-state index in [4.69, 9.17) is 9.63 Å². The van der Waals surface area contributed by atoms with E-state index in [9.17, 15) is 19.4 Å². The van der Waals surface area contributed by atoms with Gasteiger partial charge in [0.1, 0.15) is 12.7 Å². The van der Waals surface area contributed by atoms with Crippen LogP contribution in [-0.2, 0) is 18.6 Å². The molecule has 0 spiro atoms. The van der Waals surface area contributed by atoms with Gasteiger partial charge in [0, 0.05) is 6.42 Å². The van der Waals surface area contributed by atoms with Crippen LogP contribution < -0.4 is 34.5 Å². The van der Waals surface area contributed by atoms with Gasteiger partial charge in [0.2, 0.25) is 0 Å². The Balaban J connectivity index is 0. The summed E-state index contributed by atoms with van der Waals surface area (Å²) in [6.45, 7) is 1.25. The molecule has 2 atom stereocenters. The van der Waals surface area contributed by atoms with Gasteiger partial charge in [0.15, 0.2) is 0 Å². The maximum Gasteiger partial charge on any atom is 1.00 e. The minimum atomic E-state index is -4.86. The smallest absolute Gasteiger partial charge is 0.756 e. The molecular formula is C19H38NaO7P. The number of hydrogen-bond acceptors (Lipinski definition) is 6. The first-order valence-corrected chi connectivity index (χ1v) is 11.9. The topological polar surface area (TPSA) is 116 Å². The number of rotatable bonds is 19. The summed E-state index contributed by atoms with van der Waals surface area (Å²) in [6, 6.07) is 0. The molecule has 0 saturated heterocycles. The fourth-order valence-electron chi connectivity index (χ4n) is 2.78. The van der Waals surface area contributed by atoms with Crippen molar-refractivity contribution in [2.24, 2.45) is 0 Å². The number of ether oxygens (including phenoxy) is 1. The summed E-state index contributed by atoms with van der Waals surface area (Å²) in [4.78, 5) is 30.3. The molecular weight excluding hydrogens is 394 g/mol. The van der Waals surface area contributed by atoms with Crippen LogP contribution in [0.4, 0.5) is 0 Å². The maximum absolute atomic E-state index is 11.5. The van der Waals surface area contributed by atoms with Crippen LogP contribution in [0.3, 0.4) is 0 Å². The Kier molecular flexibility index (Phi) is 22.8. The van der Waals surface area contributed by atoms with E-state index in [2.05, 4.69) is 11.4 Å². The van der Waals surface area contributed by atoms with Crippen molar-refractivity contribution in [2.45, 2.75) is 103 Å². The van der Waals surface area contributed by atoms with Crippen molar-refractivity contribution < 1.29 is 63.1 Å². The molecule has 0 rings (SSSR count). The SMILES string of the molecule is CCCCCCCCCCCCCCCC(=O)OC[C@@H](O)COP(=O)([O-])O.[Na+]. The summed E-state index contributed by atoms with van der Waals surface area (Å²) in [7, 11) is -4.86. The molecule has 0 aliphatic carbocycles. The molecule has 0 amide bonds. The van der Waals surface area contributed by atoms with Crippen molar-refractivity contribution >= 4 is 13.8 Å². The predicted octanol–water partition coefficient (Wildman–Crippen LogP) is 0.853. The van der Waals surface area contributed by atoms with Crippen LogP contribution in [0.25, 0.3) is 0 Å². The summed E-state index contributed by atoms with van der Waals surface area (Å²) in [5.74, 6) is -0.425. The fraction of sp³-hybridized carbons (Fsp3) is 0.947. The van der Waals surface area contributed by atoms with E-state index in [0.29, 0.717) is 0 Å². The number of hydrogen-bond donors (Lipinski definition) is 2.